The number of aromatic nitrogens is 1. The van der Waals surface area contributed by atoms with Gasteiger partial charge in [-0.1, -0.05) is 26.2 Å². The Morgan fingerprint density at radius 1 is 1.46 bits per heavy atom. The summed E-state index contributed by atoms with van der Waals surface area (Å²) in [6, 6.07) is 4.37. The molecular weight excluding hydrogens is 160 g/mol. The topological polar surface area (TPSA) is 30.9 Å². The summed E-state index contributed by atoms with van der Waals surface area (Å²) in [4.78, 5) is 0. The molecule has 0 saturated carbocycles. The largest absolute Gasteiger partial charge is 0.353 e. The fraction of sp³-hybridized carbons (Fsp3) is 0.636. The van der Waals surface area contributed by atoms with Crippen LogP contribution >= 0.6 is 0 Å². The Morgan fingerprint density at radius 3 is 2.77 bits per heavy atom. The van der Waals surface area contributed by atoms with Gasteiger partial charge in [0.05, 0.1) is 0 Å². The third kappa shape index (κ3) is 2.88. The van der Waals surface area contributed by atoms with Gasteiger partial charge in [0.15, 0.2) is 0 Å². The Labute approximate surface area is 80.7 Å². The van der Waals surface area contributed by atoms with E-state index < -0.39 is 0 Å². The summed E-state index contributed by atoms with van der Waals surface area (Å²) in [6.45, 7) is 2.22. The van der Waals surface area contributed by atoms with Crippen LogP contribution in [0.1, 0.15) is 44.3 Å². The molecule has 1 atom stereocenters. The van der Waals surface area contributed by atoms with Gasteiger partial charge in [0.2, 0.25) is 0 Å². The first-order chi connectivity index (χ1) is 6.25. The molecule has 74 valence electrons. The zero-order valence-corrected chi connectivity index (χ0v) is 8.66. The van der Waals surface area contributed by atoms with Crippen molar-refractivity contribution in [1.82, 2.24) is 4.57 Å². The van der Waals surface area contributed by atoms with Crippen LogP contribution in [-0.2, 0) is 7.05 Å². The molecule has 0 saturated heterocycles. The number of unbranched alkanes of at least 4 members (excludes halogenated alkanes) is 2. The normalized spacial score (nSPS) is 13.2. The Morgan fingerprint density at radius 2 is 2.23 bits per heavy atom. The molecule has 0 aliphatic carbocycles. The molecule has 0 aliphatic heterocycles. The highest BCUT2D eigenvalue weighted by Gasteiger charge is 2.07. The van der Waals surface area contributed by atoms with E-state index in [4.69, 9.17) is 5.73 Å². The molecule has 0 aromatic carbocycles. The lowest BCUT2D eigenvalue weighted by atomic mass is 10.1. The first kappa shape index (κ1) is 10.3. The van der Waals surface area contributed by atoms with Crippen molar-refractivity contribution in [3.8, 4) is 0 Å². The van der Waals surface area contributed by atoms with Gasteiger partial charge in [-0.15, -0.1) is 0 Å². The van der Waals surface area contributed by atoms with Crippen molar-refractivity contribution in [1.29, 1.82) is 0 Å². The zero-order chi connectivity index (χ0) is 9.68. The van der Waals surface area contributed by atoms with Crippen molar-refractivity contribution in [3.05, 3.63) is 24.0 Å². The molecule has 0 amide bonds. The number of aryl methyl sites for hydroxylation is 1. The molecule has 0 bridgehead atoms. The smallest absolute Gasteiger partial charge is 0.0449 e. The predicted molar refractivity (Wildman–Crippen MR) is 56.5 cm³/mol. The van der Waals surface area contributed by atoms with Crippen molar-refractivity contribution in [2.24, 2.45) is 12.8 Å². The molecule has 0 unspecified atom stereocenters. The lowest BCUT2D eigenvalue weighted by Gasteiger charge is -2.12. The molecule has 2 heteroatoms. The van der Waals surface area contributed by atoms with Crippen LogP contribution in [0.5, 0.6) is 0 Å². The Kier molecular flexibility index (Phi) is 4.03. The van der Waals surface area contributed by atoms with Gasteiger partial charge in [-0.25, -0.2) is 0 Å². The minimum atomic E-state index is 0.214. The van der Waals surface area contributed by atoms with E-state index in [0.29, 0.717) is 0 Å². The average Bonchev–Trinajstić information content (AvgIpc) is 2.52. The fourth-order valence-electron chi connectivity index (χ4n) is 1.62. The standard InChI is InChI=1S/C11H20N2/c1-3-4-5-7-10(12)11-8-6-9-13(11)2/h6,8-10H,3-5,7,12H2,1-2H3/t10-/m1/s1. The number of hydrogen-bond donors (Lipinski definition) is 1. The Bertz CT molecular complexity index is 240. The van der Waals surface area contributed by atoms with Gasteiger partial charge < -0.3 is 10.3 Å². The van der Waals surface area contributed by atoms with Gasteiger partial charge in [0.1, 0.15) is 0 Å². The second-order valence-electron chi connectivity index (χ2n) is 3.65. The molecule has 0 spiro atoms. The van der Waals surface area contributed by atoms with E-state index >= 15 is 0 Å². The molecule has 1 rings (SSSR count). The summed E-state index contributed by atoms with van der Waals surface area (Å²) in [5.74, 6) is 0. The highest BCUT2D eigenvalue weighted by atomic mass is 14.9. The lowest BCUT2D eigenvalue weighted by Crippen LogP contribution is -2.13. The first-order valence-corrected chi connectivity index (χ1v) is 5.12. The quantitative estimate of drug-likeness (QED) is 0.694. The summed E-state index contributed by atoms with van der Waals surface area (Å²) in [5.41, 5.74) is 7.31. The Balaban J connectivity index is 2.39. The molecule has 0 aliphatic rings. The number of rotatable bonds is 5. The molecule has 1 aromatic heterocycles. The monoisotopic (exact) mass is 180 g/mol. The van der Waals surface area contributed by atoms with Crippen LogP contribution in [0.15, 0.2) is 18.3 Å². The summed E-state index contributed by atoms with van der Waals surface area (Å²) in [5, 5.41) is 0. The Hall–Kier alpha value is -0.760. The van der Waals surface area contributed by atoms with Gasteiger partial charge in [-0.2, -0.15) is 0 Å². The van der Waals surface area contributed by atoms with Crippen LogP contribution in [0.2, 0.25) is 0 Å². The van der Waals surface area contributed by atoms with Crippen LogP contribution in [0, 0.1) is 0 Å². The van der Waals surface area contributed by atoms with Crippen LogP contribution in [0.25, 0.3) is 0 Å². The molecule has 1 aromatic rings. The van der Waals surface area contributed by atoms with Gasteiger partial charge in [0, 0.05) is 25.0 Å². The maximum absolute atomic E-state index is 6.06. The second kappa shape index (κ2) is 5.07. The van der Waals surface area contributed by atoms with E-state index in [-0.39, 0.29) is 6.04 Å². The van der Waals surface area contributed by atoms with Crippen molar-refractivity contribution in [3.63, 3.8) is 0 Å². The van der Waals surface area contributed by atoms with Crippen molar-refractivity contribution >= 4 is 0 Å². The third-order valence-corrected chi connectivity index (χ3v) is 2.48. The SMILES string of the molecule is CCCCC[C@@H](N)c1cccn1C. The zero-order valence-electron chi connectivity index (χ0n) is 8.66. The van der Waals surface area contributed by atoms with Crippen LogP contribution < -0.4 is 5.73 Å². The maximum Gasteiger partial charge on any atom is 0.0449 e. The number of nitrogens with zero attached hydrogens (tertiary/aromatic N) is 1. The minimum absolute atomic E-state index is 0.214. The van der Waals surface area contributed by atoms with E-state index in [1.807, 2.05) is 0 Å². The summed E-state index contributed by atoms with van der Waals surface area (Å²) in [7, 11) is 2.05. The van der Waals surface area contributed by atoms with E-state index in [0.717, 1.165) is 6.42 Å². The van der Waals surface area contributed by atoms with E-state index in [9.17, 15) is 0 Å². The summed E-state index contributed by atoms with van der Waals surface area (Å²) in [6.07, 6.45) is 6.95. The molecule has 0 radical (unpaired) electrons. The molecule has 1 heterocycles. The second-order valence-corrected chi connectivity index (χ2v) is 3.65. The van der Waals surface area contributed by atoms with Gasteiger partial charge in [-0.3, -0.25) is 0 Å². The number of hydrogen-bond acceptors (Lipinski definition) is 1. The van der Waals surface area contributed by atoms with Crippen LogP contribution in [0.3, 0.4) is 0 Å². The summed E-state index contributed by atoms with van der Waals surface area (Å²) >= 11 is 0. The maximum atomic E-state index is 6.06. The minimum Gasteiger partial charge on any atom is -0.353 e. The van der Waals surface area contributed by atoms with E-state index in [1.54, 1.807) is 0 Å². The predicted octanol–water partition coefficient (Wildman–Crippen LogP) is 2.61. The number of nitrogens with two attached hydrogens (primary N) is 1. The van der Waals surface area contributed by atoms with Crippen LogP contribution in [0.4, 0.5) is 0 Å². The van der Waals surface area contributed by atoms with Crippen LogP contribution in [-0.4, -0.2) is 4.57 Å². The van der Waals surface area contributed by atoms with E-state index in [1.165, 1.54) is 25.0 Å². The van der Waals surface area contributed by atoms with Gasteiger partial charge in [0.25, 0.3) is 0 Å². The third-order valence-electron chi connectivity index (χ3n) is 2.48. The van der Waals surface area contributed by atoms with E-state index in [2.05, 4.69) is 36.9 Å². The van der Waals surface area contributed by atoms with Crippen molar-refractivity contribution < 1.29 is 0 Å². The molecule has 2 N–H and O–H groups in total. The highest BCUT2D eigenvalue weighted by molar-refractivity contribution is 5.10. The molecular formula is C11H20N2. The average molecular weight is 180 g/mol. The van der Waals surface area contributed by atoms with Gasteiger partial charge >= 0.3 is 0 Å². The fourth-order valence-corrected chi connectivity index (χ4v) is 1.62. The highest BCUT2D eigenvalue weighted by Crippen LogP contribution is 2.16. The molecule has 13 heavy (non-hydrogen) atoms. The summed E-state index contributed by atoms with van der Waals surface area (Å²) < 4.78 is 2.11. The van der Waals surface area contributed by atoms with Crippen molar-refractivity contribution in [2.75, 3.05) is 0 Å². The van der Waals surface area contributed by atoms with Gasteiger partial charge in [-0.05, 0) is 18.6 Å². The lowest BCUT2D eigenvalue weighted by molar-refractivity contribution is 0.556. The first-order valence-electron chi connectivity index (χ1n) is 5.12. The van der Waals surface area contributed by atoms with Crippen molar-refractivity contribution in [2.45, 2.75) is 38.6 Å². The molecule has 2 nitrogen and oxygen atoms in total. The molecule has 0 fully saturated rings.